The molecule has 0 radical (unpaired) electrons. The predicted molar refractivity (Wildman–Crippen MR) is 116 cm³/mol. The summed E-state index contributed by atoms with van der Waals surface area (Å²) in [7, 11) is 0. The van der Waals surface area contributed by atoms with Crippen molar-refractivity contribution in [3.63, 3.8) is 0 Å². The van der Waals surface area contributed by atoms with Gasteiger partial charge in [0, 0.05) is 28.3 Å². The highest BCUT2D eigenvalue weighted by molar-refractivity contribution is 8.93. The number of amidine groups is 1. The first-order valence-electron chi connectivity index (χ1n) is 7.55. The fourth-order valence-electron chi connectivity index (χ4n) is 2.43. The van der Waals surface area contributed by atoms with Crippen LogP contribution in [0, 0.1) is 0 Å². The van der Waals surface area contributed by atoms with E-state index in [9.17, 15) is 0 Å². The van der Waals surface area contributed by atoms with E-state index < -0.39 is 0 Å². The molecule has 0 aliphatic carbocycles. The number of aliphatic imine (C=N–C) groups is 1. The van der Waals surface area contributed by atoms with Gasteiger partial charge in [0.1, 0.15) is 0 Å². The molecule has 0 unspecified atom stereocenters. The lowest BCUT2D eigenvalue weighted by Gasteiger charge is -2.13. The maximum absolute atomic E-state index is 5.94. The average molecular weight is 453 g/mol. The molecule has 3 aromatic rings. The molecule has 2 heterocycles. The van der Waals surface area contributed by atoms with Crippen LogP contribution in [0.2, 0.25) is 5.02 Å². The SMILES string of the molecule is Br.Clc1ccc(N=C2SCCN2c2nc(-c3ccccc3)cs2)cc1. The summed E-state index contributed by atoms with van der Waals surface area (Å²) in [6.07, 6.45) is 0. The van der Waals surface area contributed by atoms with E-state index in [1.807, 2.05) is 42.5 Å². The van der Waals surface area contributed by atoms with Crippen LogP contribution in [0.25, 0.3) is 11.3 Å². The van der Waals surface area contributed by atoms with Gasteiger partial charge in [-0.05, 0) is 24.3 Å². The normalized spacial score (nSPS) is 15.4. The summed E-state index contributed by atoms with van der Waals surface area (Å²) in [6, 6.07) is 17.9. The Balaban J connectivity index is 0.00000182. The fourth-order valence-corrected chi connectivity index (χ4v) is 4.43. The van der Waals surface area contributed by atoms with Crippen LogP contribution in [0.1, 0.15) is 0 Å². The molecule has 0 bridgehead atoms. The lowest BCUT2D eigenvalue weighted by Crippen LogP contribution is -2.23. The molecule has 0 amide bonds. The quantitative estimate of drug-likeness (QED) is 0.468. The number of rotatable bonds is 3. The van der Waals surface area contributed by atoms with Gasteiger partial charge in [-0.15, -0.1) is 28.3 Å². The van der Waals surface area contributed by atoms with Crippen molar-refractivity contribution in [3.05, 3.63) is 65.0 Å². The smallest absolute Gasteiger partial charge is 0.191 e. The van der Waals surface area contributed by atoms with Crippen molar-refractivity contribution in [1.82, 2.24) is 4.98 Å². The highest BCUT2D eigenvalue weighted by atomic mass is 79.9. The van der Waals surface area contributed by atoms with E-state index in [2.05, 4.69) is 22.4 Å². The minimum Gasteiger partial charge on any atom is -0.296 e. The van der Waals surface area contributed by atoms with Gasteiger partial charge < -0.3 is 0 Å². The van der Waals surface area contributed by atoms with Gasteiger partial charge in [0.15, 0.2) is 10.3 Å². The maximum atomic E-state index is 5.94. The Labute approximate surface area is 170 Å². The van der Waals surface area contributed by atoms with Crippen LogP contribution >= 0.6 is 51.7 Å². The number of hydrogen-bond acceptors (Lipinski definition) is 4. The monoisotopic (exact) mass is 451 g/mol. The number of thioether (sulfide) groups is 1. The molecule has 1 fully saturated rings. The van der Waals surface area contributed by atoms with Crippen LogP contribution < -0.4 is 4.90 Å². The van der Waals surface area contributed by atoms with Crippen molar-refractivity contribution in [2.45, 2.75) is 0 Å². The zero-order chi connectivity index (χ0) is 16.4. The Hall–Kier alpha value is -1.34. The average Bonchev–Trinajstić information content (AvgIpc) is 3.27. The zero-order valence-electron chi connectivity index (χ0n) is 13.1. The second-order valence-electron chi connectivity index (χ2n) is 5.25. The van der Waals surface area contributed by atoms with Gasteiger partial charge >= 0.3 is 0 Å². The molecule has 0 atom stereocenters. The van der Waals surface area contributed by atoms with Gasteiger partial charge in [0.25, 0.3) is 0 Å². The number of nitrogens with zero attached hydrogens (tertiary/aromatic N) is 3. The summed E-state index contributed by atoms with van der Waals surface area (Å²) < 4.78 is 0. The number of hydrogen-bond donors (Lipinski definition) is 0. The molecule has 2 aromatic carbocycles. The summed E-state index contributed by atoms with van der Waals surface area (Å²) in [6.45, 7) is 0.929. The summed E-state index contributed by atoms with van der Waals surface area (Å²) in [5.41, 5.74) is 3.06. The molecule has 1 aromatic heterocycles. The standard InChI is InChI=1S/C18H14ClN3S2.BrH/c19-14-6-8-15(9-7-14)20-17-22(10-11-23-17)18-21-16(12-24-18)13-4-2-1-3-5-13;/h1-9,12H,10-11H2;1H. The van der Waals surface area contributed by atoms with Crippen LogP contribution in [0.15, 0.2) is 65.0 Å². The highest BCUT2D eigenvalue weighted by Gasteiger charge is 2.24. The third-order valence-corrected chi connectivity index (χ3v) is 5.69. The molecule has 1 saturated heterocycles. The first-order valence-corrected chi connectivity index (χ1v) is 9.79. The maximum Gasteiger partial charge on any atom is 0.191 e. The lowest BCUT2D eigenvalue weighted by atomic mass is 10.2. The van der Waals surface area contributed by atoms with E-state index in [-0.39, 0.29) is 17.0 Å². The Morgan fingerprint density at radius 1 is 1.04 bits per heavy atom. The molecule has 128 valence electrons. The van der Waals surface area contributed by atoms with Gasteiger partial charge in [-0.25, -0.2) is 9.98 Å². The molecule has 0 N–H and O–H groups in total. The molecule has 4 rings (SSSR count). The van der Waals surface area contributed by atoms with Crippen LogP contribution in [-0.4, -0.2) is 22.4 Å². The summed E-state index contributed by atoms with van der Waals surface area (Å²) in [4.78, 5) is 11.7. The van der Waals surface area contributed by atoms with Crippen molar-refractivity contribution in [1.29, 1.82) is 0 Å². The van der Waals surface area contributed by atoms with E-state index in [0.717, 1.165) is 44.6 Å². The molecule has 0 saturated carbocycles. The zero-order valence-corrected chi connectivity index (χ0v) is 17.2. The van der Waals surface area contributed by atoms with Crippen molar-refractivity contribution < 1.29 is 0 Å². The van der Waals surface area contributed by atoms with E-state index in [0.29, 0.717) is 0 Å². The van der Waals surface area contributed by atoms with E-state index in [1.165, 1.54) is 0 Å². The second-order valence-corrected chi connectivity index (χ2v) is 7.59. The van der Waals surface area contributed by atoms with Crippen molar-refractivity contribution in [3.8, 4) is 11.3 Å². The minimum absolute atomic E-state index is 0. The number of halogens is 2. The Morgan fingerprint density at radius 2 is 1.80 bits per heavy atom. The van der Waals surface area contributed by atoms with Crippen molar-refractivity contribution in [2.75, 3.05) is 17.2 Å². The van der Waals surface area contributed by atoms with Crippen molar-refractivity contribution in [2.24, 2.45) is 4.99 Å². The molecule has 1 aliphatic heterocycles. The summed E-state index contributed by atoms with van der Waals surface area (Å²) in [5, 5.41) is 4.81. The van der Waals surface area contributed by atoms with Crippen LogP contribution in [0.3, 0.4) is 0 Å². The van der Waals surface area contributed by atoms with Crippen molar-refractivity contribution >= 4 is 67.7 Å². The third kappa shape index (κ3) is 4.26. The van der Waals surface area contributed by atoms with Gasteiger partial charge in [-0.3, -0.25) is 4.90 Å². The number of benzene rings is 2. The number of anilines is 1. The van der Waals surface area contributed by atoms with E-state index >= 15 is 0 Å². The lowest BCUT2D eigenvalue weighted by molar-refractivity contribution is 1.09. The molecular weight excluding hydrogens is 438 g/mol. The largest absolute Gasteiger partial charge is 0.296 e. The Morgan fingerprint density at radius 3 is 2.56 bits per heavy atom. The molecule has 7 heteroatoms. The Kier molecular flexibility index (Phi) is 6.17. The second kappa shape index (κ2) is 8.36. The fraction of sp³-hybridized carbons (Fsp3) is 0.111. The van der Waals surface area contributed by atoms with E-state index in [4.69, 9.17) is 21.6 Å². The van der Waals surface area contributed by atoms with Crippen LogP contribution in [-0.2, 0) is 0 Å². The molecular formula is C18H15BrClN3S2. The van der Waals surface area contributed by atoms with Gasteiger partial charge in [-0.2, -0.15) is 0 Å². The summed E-state index contributed by atoms with van der Waals surface area (Å²) in [5.74, 6) is 1.02. The molecule has 25 heavy (non-hydrogen) atoms. The first-order chi connectivity index (χ1) is 11.8. The van der Waals surface area contributed by atoms with Gasteiger partial charge in [-0.1, -0.05) is 53.7 Å². The molecule has 3 nitrogen and oxygen atoms in total. The van der Waals surface area contributed by atoms with Crippen LogP contribution in [0.5, 0.6) is 0 Å². The molecule has 1 aliphatic rings. The third-order valence-electron chi connectivity index (χ3n) is 3.62. The van der Waals surface area contributed by atoms with Gasteiger partial charge in [0.2, 0.25) is 0 Å². The first kappa shape index (κ1) is 18.5. The number of aromatic nitrogens is 1. The van der Waals surface area contributed by atoms with Gasteiger partial charge in [0.05, 0.1) is 11.4 Å². The predicted octanol–water partition coefficient (Wildman–Crippen LogP) is 6.28. The number of thiazole rings is 1. The minimum atomic E-state index is 0. The van der Waals surface area contributed by atoms with E-state index in [1.54, 1.807) is 23.1 Å². The molecule has 0 spiro atoms. The topological polar surface area (TPSA) is 28.5 Å². The highest BCUT2D eigenvalue weighted by Crippen LogP contribution is 2.33. The Bertz CT molecular complexity index is 866. The summed E-state index contributed by atoms with van der Waals surface area (Å²) >= 11 is 9.36. The van der Waals surface area contributed by atoms with Crippen LogP contribution in [0.4, 0.5) is 10.8 Å².